The third kappa shape index (κ3) is 3.18. The predicted octanol–water partition coefficient (Wildman–Crippen LogP) is 1.73. The molecule has 1 saturated heterocycles. The van der Waals surface area contributed by atoms with Crippen LogP contribution in [-0.2, 0) is 11.2 Å². The molecular formula is C13H19N3O2. The molecule has 0 bridgehead atoms. The molecule has 0 radical (unpaired) electrons. The van der Waals surface area contributed by atoms with E-state index in [1.807, 2.05) is 6.07 Å². The van der Waals surface area contributed by atoms with Crippen molar-refractivity contribution in [2.24, 2.45) is 5.92 Å². The summed E-state index contributed by atoms with van der Waals surface area (Å²) in [5.41, 5.74) is 1.03. The number of piperidine rings is 1. The van der Waals surface area contributed by atoms with E-state index in [4.69, 9.17) is 5.11 Å². The summed E-state index contributed by atoms with van der Waals surface area (Å²) < 4.78 is 0. The van der Waals surface area contributed by atoms with Crippen LogP contribution in [0, 0.1) is 5.92 Å². The number of aromatic nitrogens is 2. The zero-order chi connectivity index (χ0) is 13.0. The van der Waals surface area contributed by atoms with Gasteiger partial charge in [0.1, 0.15) is 12.1 Å². The molecule has 1 aliphatic heterocycles. The minimum absolute atomic E-state index is 0.233. The third-order valence-electron chi connectivity index (χ3n) is 3.38. The fourth-order valence-electron chi connectivity index (χ4n) is 2.44. The Bertz CT molecular complexity index is 422. The molecule has 1 aromatic heterocycles. The zero-order valence-electron chi connectivity index (χ0n) is 10.7. The van der Waals surface area contributed by atoms with Gasteiger partial charge in [-0.05, 0) is 25.2 Å². The molecule has 1 N–H and O–H groups in total. The van der Waals surface area contributed by atoms with Crippen LogP contribution in [0.5, 0.6) is 0 Å². The van der Waals surface area contributed by atoms with Crippen molar-refractivity contribution in [2.45, 2.75) is 32.6 Å². The second kappa shape index (κ2) is 5.80. The number of carbonyl (C=O) groups is 1. The van der Waals surface area contributed by atoms with E-state index in [2.05, 4.69) is 21.8 Å². The number of hydrogen-bond acceptors (Lipinski definition) is 4. The normalized spacial score (nSPS) is 19.8. The van der Waals surface area contributed by atoms with Crippen LogP contribution in [0.4, 0.5) is 5.82 Å². The molecule has 1 atom stereocenters. The number of carboxylic acid groups (broad SMARTS) is 1. The van der Waals surface area contributed by atoms with Gasteiger partial charge in [0.2, 0.25) is 0 Å². The summed E-state index contributed by atoms with van der Waals surface area (Å²) in [4.78, 5) is 21.4. The molecule has 1 aliphatic rings. The molecule has 2 heterocycles. The van der Waals surface area contributed by atoms with Crippen molar-refractivity contribution in [1.82, 2.24) is 9.97 Å². The van der Waals surface area contributed by atoms with Gasteiger partial charge in [0, 0.05) is 31.3 Å². The first-order chi connectivity index (χ1) is 8.69. The SMILES string of the molecule is CCc1cc(N2CCCC(CC(=O)O)C2)ncn1. The molecule has 18 heavy (non-hydrogen) atoms. The number of anilines is 1. The monoisotopic (exact) mass is 249 g/mol. The first-order valence-electron chi connectivity index (χ1n) is 6.46. The number of carboxylic acids is 1. The molecule has 0 saturated carbocycles. The molecule has 0 aliphatic carbocycles. The van der Waals surface area contributed by atoms with Gasteiger partial charge >= 0.3 is 5.97 Å². The topological polar surface area (TPSA) is 66.3 Å². The van der Waals surface area contributed by atoms with Gasteiger partial charge < -0.3 is 10.0 Å². The van der Waals surface area contributed by atoms with Crippen LogP contribution in [-0.4, -0.2) is 34.1 Å². The quantitative estimate of drug-likeness (QED) is 0.880. The van der Waals surface area contributed by atoms with Gasteiger partial charge in [-0.25, -0.2) is 9.97 Å². The number of nitrogens with zero attached hydrogens (tertiary/aromatic N) is 3. The standard InChI is InChI=1S/C13H19N3O2/c1-2-11-7-12(15-9-14-11)16-5-3-4-10(8-16)6-13(17)18/h7,9-10H,2-6,8H2,1H3,(H,17,18). The largest absolute Gasteiger partial charge is 0.481 e. The molecule has 2 rings (SSSR count). The average Bonchev–Trinajstić information content (AvgIpc) is 2.38. The minimum Gasteiger partial charge on any atom is -0.481 e. The second-order valence-corrected chi connectivity index (χ2v) is 4.77. The summed E-state index contributed by atoms with van der Waals surface area (Å²) in [5, 5.41) is 8.86. The van der Waals surface area contributed by atoms with E-state index in [9.17, 15) is 4.79 Å². The van der Waals surface area contributed by atoms with Gasteiger partial charge in [-0.1, -0.05) is 6.92 Å². The maximum Gasteiger partial charge on any atom is 0.303 e. The van der Waals surface area contributed by atoms with Gasteiger partial charge in [-0.2, -0.15) is 0 Å². The highest BCUT2D eigenvalue weighted by molar-refractivity contribution is 5.67. The lowest BCUT2D eigenvalue weighted by molar-refractivity contribution is -0.138. The summed E-state index contributed by atoms with van der Waals surface area (Å²) >= 11 is 0. The van der Waals surface area contributed by atoms with E-state index in [0.717, 1.165) is 43.9 Å². The molecule has 5 heteroatoms. The van der Waals surface area contributed by atoms with Crippen molar-refractivity contribution in [3.63, 3.8) is 0 Å². The lowest BCUT2D eigenvalue weighted by Crippen LogP contribution is -2.36. The van der Waals surface area contributed by atoms with Crippen molar-refractivity contribution in [1.29, 1.82) is 0 Å². The summed E-state index contributed by atoms with van der Waals surface area (Å²) in [6, 6.07) is 2.00. The first kappa shape index (κ1) is 12.8. The Hall–Kier alpha value is -1.65. The van der Waals surface area contributed by atoms with Crippen LogP contribution in [0.25, 0.3) is 0 Å². The Kier molecular flexibility index (Phi) is 4.12. The highest BCUT2D eigenvalue weighted by Gasteiger charge is 2.22. The van der Waals surface area contributed by atoms with Crippen LogP contribution in [0.1, 0.15) is 31.9 Å². The van der Waals surface area contributed by atoms with E-state index < -0.39 is 5.97 Å². The third-order valence-corrected chi connectivity index (χ3v) is 3.38. The van der Waals surface area contributed by atoms with Crippen LogP contribution in [0.15, 0.2) is 12.4 Å². The molecule has 1 fully saturated rings. The molecule has 0 aromatic carbocycles. The first-order valence-corrected chi connectivity index (χ1v) is 6.46. The van der Waals surface area contributed by atoms with Gasteiger partial charge in [0.25, 0.3) is 0 Å². The average molecular weight is 249 g/mol. The molecule has 98 valence electrons. The number of rotatable bonds is 4. The fourth-order valence-corrected chi connectivity index (χ4v) is 2.44. The van der Waals surface area contributed by atoms with Gasteiger partial charge in [-0.3, -0.25) is 4.79 Å². The minimum atomic E-state index is -0.709. The lowest BCUT2D eigenvalue weighted by atomic mass is 9.95. The number of hydrogen-bond donors (Lipinski definition) is 1. The highest BCUT2D eigenvalue weighted by atomic mass is 16.4. The smallest absolute Gasteiger partial charge is 0.303 e. The van der Waals surface area contributed by atoms with Crippen molar-refractivity contribution in [2.75, 3.05) is 18.0 Å². The summed E-state index contributed by atoms with van der Waals surface area (Å²) in [6.07, 6.45) is 4.76. The molecule has 0 amide bonds. The van der Waals surface area contributed by atoms with Crippen LogP contribution in [0.2, 0.25) is 0 Å². The zero-order valence-corrected chi connectivity index (χ0v) is 10.7. The van der Waals surface area contributed by atoms with E-state index in [1.165, 1.54) is 0 Å². The Labute approximate surface area is 107 Å². The van der Waals surface area contributed by atoms with E-state index in [0.29, 0.717) is 0 Å². The molecule has 0 spiro atoms. The Morgan fingerprint density at radius 2 is 2.39 bits per heavy atom. The van der Waals surface area contributed by atoms with Crippen LogP contribution in [0.3, 0.4) is 0 Å². The van der Waals surface area contributed by atoms with Crippen molar-refractivity contribution >= 4 is 11.8 Å². The Balaban J connectivity index is 2.05. The molecule has 1 aromatic rings. The highest BCUT2D eigenvalue weighted by Crippen LogP contribution is 2.23. The summed E-state index contributed by atoms with van der Waals surface area (Å²) in [7, 11) is 0. The molecular weight excluding hydrogens is 230 g/mol. The predicted molar refractivity (Wildman–Crippen MR) is 68.6 cm³/mol. The Morgan fingerprint density at radius 3 is 3.11 bits per heavy atom. The fraction of sp³-hybridized carbons (Fsp3) is 0.615. The van der Waals surface area contributed by atoms with E-state index >= 15 is 0 Å². The van der Waals surface area contributed by atoms with Crippen molar-refractivity contribution in [3.05, 3.63) is 18.1 Å². The van der Waals surface area contributed by atoms with Crippen molar-refractivity contribution < 1.29 is 9.90 Å². The van der Waals surface area contributed by atoms with Gasteiger partial charge in [0.15, 0.2) is 0 Å². The van der Waals surface area contributed by atoms with Gasteiger partial charge in [-0.15, -0.1) is 0 Å². The second-order valence-electron chi connectivity index (χ2n) is 4.77. The van der Waals surface area contributed by atoms with E-state index in [1.54, 1.807) is 6.33 Å². The molecule has 5 nitrogen and oxygen atoms in total. The van der Waals surface area contributed by atoms with E-state index in [-0.39, 0.29) is 12.3 Å². The number of aryl methyl sites for hydroxylation is 1. The van der Waals surface area contributed by atoms with Crippen LogP contribution >= 0.6 is 0 Å². The number of aliphatic carboxylic acids is 1. The van der Waals surface area contributed by atoms with Crippen LogP contribution < -0.4 is 4.90 Å². The summed E-state index contributed by atoms with van der Waals surface area (Å²) in [5.74, 6) is 0.451. The lowest BCUT2D eigenvalue weighted by Gasteiger charge is -2.33. The molecule has 1 unspecified atom stereocenters. The van der Waals surface area contributed by atoms with Crippen molar-refractivity contribution in [3.8, 4) is 0 Å². The van der Waals surface area contributed by atoms with Gasteiger partial charge in [0.05, 0.1) is 0 Å². The maximum absolute atomic E-state index is 10.8. The summed E-state index contributed by atoms with van der Waals surface area (Å²) in [6.45, 7) is 3.80. The maximum atomic E-state index is 10.8. The Morgan fingerprint density at radius 1 is 1.56 bits per heavy atom.